The number of fused-ring (bicyclic) bond motifs is 1. The maximum atomic E-state index is 11.6. The molecule has 98 valence electrons. The van der Waals surface area contributed by atoms with Crippen molar-refractivity contribution in [3.05, 3.63) is 22.6 Å². The van der Waals surface area contributed by atoms with Crippen LogP contribution in [0.25, 0.3) is 6.08 Å². The fraction of sp³-hybridized carbons (Fsp3) is 0.167. The van der Waals surface area contributed by atoms with Crippen molar-refractivity contribution in [3.63, 3.8) is 0 Å². The van der Waals surface area contributed by atoms with Crippen molar-refractivity contribution in [2.45, 2.75) is 0 Å². The van der Waals surface area contributed by atoms with Crippen molar-refractivity contribution < 1.29 is 19.0 Å². The average Bonchev–Trinajstić information content (AvgIpc) is 2.95. The lowest BCUT2D eigenvalue weighted by atomic mass is 10.1. The van der Waals surface area contributed by atoms with Crippen LogP contribution < -0.4 is 19.5 Å². The lowest BCUT2D eigenvalue weighted by Crippen LogP contribution is -2.17. The zero-order chi connectivity index (χ0) is 13.4. The van der Waals surface area contributed by atoms with Crippen LogP contribution in [0.1, 0.15) is 5.56 Å². The topological polar surface area (TPSA) is 56.8 Å². The predicted molar refractivity (Wildman–Crippen MR) is 75.4 cm³/mol. The first-order valence-corrected chi connectivity index (χ1v) is 6.62. The van der Waals surface area contributed by atoms with Gasteiger partial charge in [0.15, 0.2) is 11.5 Å². The SMILES string of the molecule is COc1cc(/C=C2/SC(=S)NC2=O)cc2c1OCO2. The molecule has 3 rings (SSSR count). The Morgan fingerprint density at radius 2 is 2.32 bits per heavy atom. The number of carbonyl (C=O) groups excluding carboxylic acids is 1. The summed E-state index contributed by atoms with van der Waals surface area (Å²) in [6, 6.07) is 3.59. The molecule has 0 unspecified atom stereocenters. The fourth-order valence-corrected chi connectivity index (χ4v) is 2.85. The van der Waals surface area contributed by atoms with Gasteiger partial charge in [-0.05, 0) is 23.8 Å². The summed E-state index contributed by atoms with van der Waals surface area (Å²) in [4.78, 5) is 12.1. The monoisotopic (exact) mass is 295 g/mol. The van der Waals surface area contributed by atoms with E-state index in [4.69, 9.17) is 26.4 Å². The van der Waals surface area contributed by atoms with Crippen LogP contribution in [0.15, 0.2) is 17.0 Å². The lowest BCUT2D eigenvalue weighted by Gasteiger charge is -2.06. The number of methoxy groups -OCH3 is 1. The second-order valence-electron chi connectivity index (χ2n) is 3.81. The molecule has 19 heavy (non-hydrogen) atoms. The minimum atomic E-state index is -0.188. The molecule has 0 radical (unpaired) electrons. The van der Waals surface area contributed by atoms with Gasteiger partial charge in [0.25, 0.3) is 5.91 Å². The molecule has 0 spiro atoms. The van der Waals surface area contributed by atoms with Gasteiger partial charge >= 0.3 is 0 Å². The number of hydrogen-bond donors (Lipinski definition) is 1. The molecular weight excluding hydrogens is 286 g/mol. The third-order valence-electron chi connectivity index (χ3n) is 2.62. The van der Waals surface area contributed by atoms with Gasteiger partial charge in [-0.15, -0.1) is 0 Å². The summed E-state index contributed by atoms with van der Waals surface area (Å²) in [5.74, 6) is 1.58. The third kappa shape index (κ3) is 2.26. The maximum absolute atomic E-state index is 11.6. The Morgan fingerprint density at radius 3 is 3.00 bits per heavy atom. The van der Waals surface area contributed by atoms with Crippen LogP contribution in [0.2, 0.25) is 0 Å². The summed E-state index contributed by atoms with van der Waals surface area (Å²) in [6.07, 6.45) is 1.74. The molecule has 2 heterocycles. The van der Waals surface area contributed by atoms with Gasteiger partial charge in [0.05, 0.1) is 12.0 Å². The van der Waals surface area contributed by atoms with Gasteiger partial charge in [0.2, 0.25) is 12.5 Å². The molecular formula is C12H9NO4S2. The van der Waals surface area contributed by atoms with Crippen LogP contribution in [0.3, 0.4) is 0 Å². The van der Waals surface area contributed by atoms with Crippen molar-refractivity contribution in [3.8, 4) is 17.2 Å². The second kappa shape index (κ2) is 4.75. The molecule has 1 amide bonds. The van der Waals surface area contributed by atoms with E-state index < -0.39 is 0 Å². The molecule has 0 aromatic heterocycles. The highest BCUT2D eigenvalue weighted by Gasteiger charge is 2.24. The quantitative estimate of drug-likeness (QED) is 0.664. The number of thiocarbonyl (C=S) groups is 1. The predicted octanol–water partition coefficient (Wildman–Crippen LogP) is 1.91. The number of benzene rings is 1. The van der Waals surface area contributed by atoms with Gasteiger partial charge in [0, 0.05) is 0 Å². The lowest BCUT2D eigenvalue weighted by molar-refractivity contribution is -0.115. The highest BCUT2D eigenvalue weighted by atomic mass is 32.2. The smallest absolute Gasteiger partial charge is 0.263 e. The molecule has 0 bridgehead atoms. The Balaban J connectivity index is 2.00. The van der Waals surface area contributed by atoms with Crippen LogP contribution in [0.5, 0.6) is 17.2 Å². The zero-order valence-corrected chi connectivity index (χ0v) is 11.5. The van der Waals surface area contributed by atoms with E-state index in [2.05, 4.69) is 5.32 Å². The van der Waals surface area contributed by atoms with Gasteiger partial charge in [-0.25, -0.2) is 0 Å². The van der Waals surface area contributed by atoms with Crippen molar-refractivity contribution in [2.24, 2.45) is 0 Å². The molecule has 1 aromatic carbocycles. The number of thioether (sulfide) groups is 1. The fourth-order valence-electron chi connectivity index (χ4n) is 1.81. The summed E-state index contributed by atoms with van der Waals surface area (Å²) >= 11 is 6.17. The minimum Gasteiger partial charge on any atom is -0.493 e. The molecule has 1 aromatic rings. The number of carbonyl (C=O) groups is 1. The summed E-state index contributed by atoms with van der Waals surface area (Å²) in [6.45, 7) is 0.172. The summed E-state index contributed by atoms with van der Waals surface area (Å²) in [5, 5.41) is 2.57. The molecule has 1 fully saturated rings. The van der Waals surface area contributed by atoms with Crippen molar-refractivity contribution in [1.29, 1.82) is 0 Å². The van der Waals surface area contributed by atoms with E-state index in [1.54, 1.807) is 25.3 Å². The summed E-state index contributed by atoms with van der Waals surface area (Å²) in [5.41, 5.74) is 0.795. The standard InChI is InChI=1S/C12H9NO4S2/c1-15-7-2-6(3-8-10(7)17-5-16-8)4-9-11(14)13-12(18)19-9/h2-4H,5H2,1H3,(H,13,14,18)/b9-4+. The first-order valence-electron chi connectivity index (χ1n) is 5.40. The van der Waals surface area contributed by atoms with E-state index in [1.165, 1.54) is 11.8 Å². The number of amides is 1. The van der Waals surface area contributed by atoms with Crippen molar-refractivity contribution in [2.75, 3.05) is 13.9 Å². The van der Waals surface area contributed by atoms with Crippen LogP contribution in [0.4, 0.5) is 0 Å². The van der Waals surface area contributed by atoms with Crippen LogP contribution in [-0.4, -0.2) is 24.1 Å². The van der Waals surface area contributed by atoms with Gasteiger partial charge in [0.1, 0.15) is 4.32 Å². The molecule has 0 aliphatic carbocycles. The Morgan fingerprint density at radius 1 is 1.47 bits per heavy atom. The highest BCUT2D eigenvalue weighted by Crippen LogP contribution is 2.42. The van der Waals surface area contributed by atoms with Gasteiger partial charge in [-0.2, -0.15) is 0 Å². The molecule has 1 N–H and O–H groups in total. The molecule has 2 aliphatic heterocycles. The first-order chi connectivity index (χ1) is 9.17. The van der Waals surface area contributed by atoms with E-state index in [1.807, 2.05) is 0 Å². The van der Waals surface area contributed by atoms with Gasteiger partial charge < -0.3 is 19.5 Å². The molecule has 0 atom stereocenters. The molecule has 2 aliphatic rings. The Hall–Kier alpha value is -1.73. The Bertz CT molecular complexity index is 612. The van der Waals surface area contributed by atoms with Gasteiger partial charge in [-0.1, -0.05) is 24.0 Å². The van der Waals surface area contributed by atoms with E-state index in [-0.39, 0.29) is 12.7 Å². The van der Waals surface area contributed by atoms with E-state index in [0.29, 0.717) is 26.5 Å². The second-order valence-corrected chi connectivity index (χ2v) is 5.53. The largest absolute Gasteiger partial charge is 0.493 e. The van der Waals surface area contributed by atoms with E-state index >= 15 is 0 Å². The third-order valence-corrected chi connectivity index (χ3v) is 3.78. The summed E-state index contributed by atoms with van der Waals surface area (Å²) in [7, 11) is 1.56. The molecule has 7 heteroatoms. The molecule has 0 saturated carbocycles. The maximum Gasteiger partial charge on any atom is 0.263 e. The highest BCUT2D eigenvalue weighted by molar-refractivity contribution is 8.26. The number of hydrogen-bond acceptors (Lipinski definition) is 6. The molecule has 1 saturated heterocycles. The van der Waals surface area contributed by atoms with Crippen LogP contribution >= 0.6 is 24.0 Å². The van der Waals surface area contributed by atoms with E-state index in [9.17, 15) is 4.79 Å². The first kappa shape index (κ1) is 12.3. The molecule has 5 nitrogen and oxygen atoms in total. The Kier molecular flexibility index (Phi) is 3.08. The van der Waals surface area contributed by atoms with Crippen molar-refractivity contribution in [1.82, 2.24) is 5.32 Å². The normalized spacial score (nSPS) is 18.9. The minimum absolute atomic E-state index is 0.172. The van der Waals surface area contributed by atoms with Crippen molar-refractivity contribution >= 4 is 40.3 Å². The number of nitrogens with one attached hydrogen (secondary N) is 1. The van der Waals surface area contributed by atoms with Gasteiger partial charge in [-0.3, -0.25) is 4.79 Å². The van der Waals surface area contributed by atoms with Crippen LogP contribution in [-0.2, 0) is 4.79 Å². The van der Waals surface area contributed by atoms with E-state index in [0.717, 1.165) is 5.56 Å². The summed E-state index contributed by atoms with van der Waals surface area (Å²) < 4.78 is 16.3. The number of rotatable bonds is 2. The Labute approximate surface area is 118 Å². The zero-order valence-electron chi connectivity index (χ0n) is 9.89. The van der Waals surface area contributed by atoms with Crippen LogP contribution in [0, 0.1) is 0 Å². The number of ether oxygens (including phenoxy) is 3. The average molecular weight is 295 g/mol.